The lowest BCUT2D eigenvalue weighted by Crippen LogP contribution is -2.25. The van der Waals surface area contributed by atoms with Gasteiger partial charge in [0.25, 0.3) is 0 Å². The van der Waals surface area contributed by atoms with Crippen LogP contribution in [-0.2, 0) is 5.41 Å². The van der Waals surface area contributed by atoms with Gasteiger partial charge in [0, 0.05) is 22.5 Å². The minimum Gasteiger partial charge on any atom is -0.254 e. The van der Waals surface area contributed by atoms with E-state index in [0.717, 1.165) is 33.1 Å². The minimum atomic E-state index is -0.347. The first-order valence-electron chi connectivity index (χ1n) is 15.5. The van der Waals surface area contributed by atoms with Crippen LogP contribution in [0.4, 0.5) is 0 Å². The summed E-state index contributed by atoms with van der Waals surface area (Å²) >= 11 is 0. The predicted octanol–water partition coefficient (Wildman–Crippen LogP) is 10.5. The highest BCUT2D eigenvalue weighted by Gasteiger charge is 2.51. The molecule has 0 aliphatic heterocycles. The van der Waals surface area contributed by atoms with Crippen molar-refractivity contribution in [2.24, 2.45) is 0 Å². The normalized spacial score (nSPS) is 13.5. The van der Waals surface area contributed by atoms with Crippen molar-refractivity contribution in [1.82, 2.24) is 9.97 Å². The quantitative estimate of drug-likeness (QED) is 0.193. The Balaban J connectivity index is 1.21. The van der Waals surface area contributed by atoms with Crippen molar-refractivity contribution in [3.63, 3.8) is 0 Å². The van der Waals surface area contributed by atoms with E-state index in [0.29, 0.717) is 0 Å². The zero-order valence-electron chi connectivity index (χ0n) is 24.4. The van der Waals surface area contributed by atoms with Crippen LogP contribution in [0.2, 0.25) is 0 Å². The maximum absolute atomic E-state index is 5.16. The second kappa shape index (κ2) is 9.07. The van der Waals surface area contributed by atoms with E-state index in [1.165, 1.54) is 55.6 Å². The van der Waals surface area contributed by atoms with Gasteiger partial charge in [-0.2, -0.15) is 0 Å². The topological polar surface area (TPSA) is 25.8 Å². The summed E-state index contributed by atoms with van der Waals surface area (Å²) in [6, 6.07) is 55.3. The lowest BCUT2D eigenvalue weighted by molar-refractivity contribution is 0.794. The molecule has 6 aromatic carbocycles. The van der Waals surface area contributed by atoms with Crippen LogP contribution in [0.15, 0.2) is 158 Å². The molecule has 0 saturated heterocycles. The van der Waals surface area contributed by atoms with Crippen molar-refractivity contribution in [2.45, 2.75) is 5.41 Å². The summed E-state index contributed by atoms with van der Waals surface area (Å²) in [6.07, 6.45) is 1.85. The molecular formula is C43H26N2. The van der Waals surface area contributed by atoms with Crippen molar-refractivity contribution in [2.75, 3.05) is 0 Å². The molecule has 2 aromatic heterocycles. The molecule has 8 aromatic rings. The molecule has 1 spiro atoms. The molecule has 0 unspecified atom stereocenters. The third-order valence-corrected chi connectivity index (χ3v) is 9.92. The van der Waals surface area contributed by atoms with Crippen molar-refractivity contribution in [3.8, 4) is 44.6 Å². The van der Waals surface area contributed by atoms with Crippen molar-refractivity contribution >= 4 is 21.8 Å². The van der Waals surface area contributed by atoms with Crippen LogP contribution >= 0.6 is 0 Å². The summed E-state index contributed by atoms with van der Waals surface area (Å²) in [5, 5.41) is 2.20. The second-order valence-corrected chi connectivity index (χ2v) is 12.1. The highest BCUT2D eigenvalue weighted by Crippen LogP contribution is 2.63. The van der Waals surface area contributed by atoms with Gasteiger partial charge < -0.3 is 0 Å². The third kappa shape index (κ3) is 3.23. The highest BCUT2D eigenvalue weighted by atomic mass is 14.7. The summed E-state index contributed by atoms with van der Waals surface area (Å²) in [7, 11) is 0. The molecule has 0 N–H and O–H groups in total. The Labute approximate surface area is 261 Å². The number of hydrogen-bond donors (Lipinski definition) is 0. The number of benzene rings is 6. The summed E-state index contributed by atoms with van der Waals surface area (Å²) in [5.74, 6) is 0. The monoisotopic (exact) mass is 570 g/mol. The SMILES string of the molecule is c1cc(-c2ccc3ccc4cccnc4c3n2)cc(-c2cccc3c2-c2ccccc2C32c3ccccc3-c3ccccc32)c1. The molecule has 45 heavy (non-hydrogen) atoms. The Morgan fingerprint density at radius 1 is 0.400 bits per heavy atom. The van der Waals surface area contributed by atoms with E-state index in [1.807, 2.05) is 12.3 Å². The standard InChI is InChI=1S/C43H26N2/c1-4-17-35-32(13-1)33-14-2-5-18-36(33)43(35)37-19-6-3-15-34(37)40-31(16-8-20-38(40)43)29-10-7-11-30(26-29)39-24-23-28-22-21-27-12-9-25-44-41(27)42(28)45-39/h1-26H. The van der Waals surface area contributed by atoms with Gasteiger partial charge in [0.05, 0.1) is 22.1 Å². The molecule has 0 bridgehead atoms. The highest BCUT2D eigenvalue weighted by molar-refractivity contribution is 6.04. The van der Waals surface area contributed by atoms with Gasteiger partial charge in [0.1, 0.15) is 0 Å². The molecule has 0 atom stereocenters. The van der Waals surface area contributed by atoms with E-state index in [1.54, 1.807) is 0 Å². The maximum atomic E-state index is 5.16. The van der Waals surface area contributed by atoms with Gasteiger partial charge in [-0.15, -0.1) is 0 Å². The van der Waals surface area contributed by atoms with Gasteiger partial charge in [-0.05, 0) is 73.8 Å². The number of hydrogen-bond acceptors (Lipinski definition) is 2. The fraction of sp³-hybridized carbons (Fsp3) is 0.0233. The lowest BCUT2D eigenvalue weighted by Gasteiger charge is -2.30. The van der Waals surface area contributed by atoms with E-state index in [-0.39, 0.29) is 5.41 Å². The Kier molecular flexibility index (Phi) is 4.95. The van der Waals surface area contributed by atoms with Gasteiger partial charge in [0.15, 0.2) is 0 Å². The van der Waals surface area contributed by atoms with Gasteiger partial charge in [-0.25, -0.2) is 4.98 Å². The number of rotatable bonds is 2. The first-order valence-corrected chi connectivity index (χ1v) is 15.5. The predicted molar refractivity (Wildman–Crippen MR) is 184 cm³/mol. The van der Waals surface area contributed by atoms with Gasteiger partial charge in [-0.1, -0.05) is 133 Å². The van der Waals surface area contributed by atoms with Crippen LogP contribution in [0.1, 0.15) is 22.3 Å². The maximum Gasteiger partial charge on any atom is 0.0972 e. The van der Waals surface area contributed by atoms with E-state index in [2.05, 4.69) is 151 Å². The van der Waals surface area contributed by atoms with E-state index < -0.39 is 0 Å². The molecule has 0 radical (unpaired) electrons. The molecule has 2 aliphatic carbocycles. The summed E-state index contributed by atoms with van der Waals surface area (Å²) in [4.78, 5) is 9.84. The fourth-order valence-corrected chi connectivity index (χ4v) is 8.11. The average molecular weight is 571 g/mol. The number of fused-ring (bicyclic) bond motifs is 13. The molecule has 0 amide bonds. The van der Waals surface area contributed by atoms with Gasteiger partial charge >= 0.3 is 0 Å². The van der Waals surface area contributed by atoms with Crippen LogP contribution in [0.25, 0.3) is 66.4 Å². The molecule has 208 valence electrons. The van der Waals surface area contributed by atoms with Crippen molar-refractivity contribution in [1.29, 1.82) is 0 Å². The van der Waals surface area contributed by atoms with Crippen molar-refractivity contribution < 1.29 is 0 Å². The number of pyridine rings is 2. The van der Waals surface area contributed by atoms with E-state index in [4.69, 9.17) is 4.98 Å². The van der Waals surface area contributed by atoms with Gasteiger partial charge in [0.2, 0.25) is 0 Å². The van der Waals surface area contributed by atoms with Crippen LogP contribution in [0.3, 0.4) is 0 Å². The van der Waals surface area contributed by atoms with Gasteiger partial charge in [-0.3, -0.25) is 4.98 Å². The first kappa shape index (κ1) is 24.6. The zero-order chi connectivity index (χ0) is 29.5. The number of nitrogens with zero attached hydrogens (tertiary/aromatic N) is 2. The number of aromatic nitrogens is 2. The Hall–Kier alpha value is -5.86. The fourth-order valence-electron chi connectivity index (χ4n) is 8.11. The second-order valence-electron chi connectivity index (χ2n) is 12.1. The molecule has 10 rings (SSSR count). The molecule has 0 saturated carbocycles. The molecular weight excluding hydrogens is 544 g/mol. The first-order chi connectivity index (χ1) is 22.3. The Morgan fingerprint density at radius 3 is 1.76 bits per heavy atom. The van der Waals surface area contributed by atoms with Crippen LogP contribution in [0, 0.1) is 0 Å². The van der Waals surface area contributed by atoms with E-state index >= 15 is 0 Å². The molecule has 2 heterocycles. The van der Waals surface area contributed by atoms with Crippen molar-refractivity contribution in [3.05, 3.63) is 180 Å². The molecule has 2 nitrogen and oxygen atoms in total. The summed E-state index contributed by atoms with van der Waals surface area (Å²) in [5.41, 5.74) is 16.7. The molecule has 2 aliphatic rings. The third-order valence-electron chi connectivity index (χ3n) is 9.92. The van der Waals surface area contributed by atoms with Crippen LogP contribution < -0.4 is 0 Å². The minimum absolute atomic E-state index is 0.347. The van der Waals surface area contributed by atoms with Crippen LogP contribution in [-0.4, -0.2) is 9.97 Å². The smallest absolute Gasteiger partial charge is 0.0972 e. The Bertz CT molecular complexity index is 2460. The Morgan fingerprint density at radius 2 is 0.978 bits per heavy atom. The molecule has 2 heteroatoms. The largest absolute Gasteiger partial charge is 0.254 e. The van der Waals surface area contributed by atoms with E-state index in [9.17, 15) is 0 Å². The molecule has 0 fully saturated rings. The average Bonchev–Trinajstić information content (AvgIpc) is 3.59. The van der Waals surface area contributed by atoms with Crippen LogP contribution in [0.5, 0.6) is 0 Å². The zero-order valence-corrected chi connectivity index (χ0v) is 24.4. The summed E-state index contributed by atoms with van der Waals surface area (Å²) < 4.78 is 0. The lowest BCUT2D eigenvalue weighted by atomic mass is 9.70. The summed E-state index contributed by atoms with van der Waals surface area (Å²) in [6.45, 7) is 0.